The molecule has 0 saturated carbocycles. The van der Waals surface area contributed by atoms with Crippen molar-refractivity contribution in [2.24, 2.45) is 5.92 Å². The topological polar surface area (TPSA) is 72.9 Å². The minimum atomic E-state index is -1.13. The van der Waals surface area contributed by atoms with Gasteiger partial charge >= 0.3 is 11.9 Å². The summed E-state index contributed by atoms with van der Waals surface area (Å²) < 4.78 is 9.48. The van der Waals surface area contributed by atoms with Crippen molar-refractivity contribution >= 4 is 17.7 Å². The Morgan fingerprint density at radius 1 is 1.14 bits per heavy atom. The van der Waals surface area contributed by atoms with E-state index in [0.29, 0.717) is 13.1 Å². The maximum atomic E-state index is 12.1. The van der Waals surface area contributed by atoms with E-state index < -0.39 is 23.9 Å². The summed E-state index contributed by atoms with van der Waals surface area (Å²) in [4.78, 5) is 37.9. The first-order valence-corrected chi connectivity index (χ1v) is 7.04. The van der Waals surface area contributed by atoms with Gasteiger partial charge in [0.25, 0.3) is 0 Å². The van der Waals surface area contributed by atoms with E-state index in [9.17, 15) is 14.4 Å². The zero-order chi connectivity index (χ0) is 16.1. The van der Waals surface area contributed by atoms with E-state index in [4.69, 9.17) is 4.74 Å². The van der Waals surface area contributed by atoms with Gasteiger partial charge in [0.15, 0.2) is 5.78 Å². The van der Waals surface area contributed by atoms with Crippen molar-refractivity contribution in [3.8, 4) is 0 Å². The molecule has 1 aliphatic rings. The van der Waals surface area contributed by atoms with Crippen molar-refractivity contribution in [2.75, 3.05) is 20.8 Å². The van der Waals surface area contributed by atoms with E-state index in [1.807, 2.05) is 30.3 Å². The van der Waals surface area contributed by atoms with Crippen LogP contribution in [0.1, 0.15) is 12.0 Å². The van der Waals surface area contributed by atoms with Gasteiger partial charge in [0.1, 0.15) is 12.0 Å². The Morgan fingerprint density at radius 3 is 2.36 bits per heavy atom. The van der Waals surface area contributed by atoms with Gasteiger partial charge in [-0.15, -0.1) is 0 Å². The molecule has 6 heteroatoms. The molecule has 1 aliphatic heterocycles. The van der Waals surface area contributed by atoms with Gasteiger partial charge < -0.3 is 9.47 Å². The average Bonchev–Trinajstić information content (AvgIpc) is 2.55. The van der Waals surface area contributed by atoms with Crippen LogP contribution in [0.15, 0.2) is 30.3 Å². The third-order valence-electron chi connectivity index (χ3n) is 3.83. The molecule has 1 fully saturated rings. The van der Waals surface area contributed by atoms with Gasteiger partial charge in [-0.1, -0.05) is 30.3 Å². The summed E-state index contributed by atoms with van der Waals surface area (Å²) in [5.41, 5.74) is 0.995. The quantitative estimate of drug-likeness (QED) is 0.605. The molecule has 0 aliphatic carbocycles. The van der Waals surface area contributed by atoms with Crippen molar-refractivity contribution in [2.45, 2.75) is 19.0 Å². The molecule has 118 valence electrons. The maximum Gasteiger partial charge on any atom is 0.324 e. The molecule has 1 aromatic carbocycles. The summed E-state index contributed by atoms with van der Waals surface area (Å²) in [6.45, 7) is 0.863. The van der Waals surface area contributed by atoms with Crippen LogP contribution in [0.4, 0.5) is 0 Å². The number of nitrogens with zero attached hydrogens (tertiary/aromatic N) is 1. The largest absolute Gasteiger partial charge is 0.468 e. The van der Waals surface area contributed by atoms with Crippen molar-refractivity contribution in [3.05, 3.63) is 35.9 Å². The van der Waals surface area contributed by atoms with E-state index in [1.165, 1.54) is 14.2 Å². The molecule has 22 heavy (non-hydrogen) atoms. The Bertz CT molecular complexity index is 549. The van der Waals surface area contributed by atoms with Gasteiger partial charge in [0.05, 0.1) is 14.2 Å². The van der Waals surface area contributed by atoms with Crippen LogP contribution in [-0.2, 0) is 30.4 Å². The Kier molecular flexibility index (Phi) is 5.27. The van der Waals surface area contributed by atoms with Crippen LogP contribution in [0.2, 0.25) is 0 Å². The zero-order valence-corrected chi connectivity index (χ0v) is 12.7. The SMILES string of the molecule is COC(=O)[C@@H]1C(=O)CCN(Cc2ccccc2)[C@H]1C(=O)OC. The summed E-state index contributed by atoms with van der Waals surface area (Å²) in [7, 11) is 2.45. The first-order valence-electron chi connectivity index (χ1n) is 7.04. The van der Waals surface area contributed by atoms with Crippen molar-refractivity contribution in [3.63, 3.8) is 0 Å². The number of carbonyl (C=O) groups is 3. The minimum Gasteiger partial charge on any atom is -0.468 e. The van der Waals surface area contributed by atoms with Gasteiger partial charge in [-0.25, -0.2) is 0 Å². The molecule has 0 aromatic heterocycles. The number of benzene rings is 1. The first-order chi connectivity index (χ1) is 10.6. The summed E-state index contributed by atoms with van der Waals surface area (Å²) in [5.74, 6) is -2.71. The lowest BCUT2D eigenvalue weighted by Gasteiger charge is -2.37. The van der Waals surface area contributed by atoms with Gasteiger partial charge in [-0.3, -0.25) is 19.3 Å². The molecule has 0 amide bonds. The zero-order valence-electron chi connectivity index (χ0n) is 12.7. The third kappa shape index (κ3) is 3.33. The highest BCUT2D eigenvalue weighted by atomic mass is 16.5. The van der Waals surface area contributed by atoms with E-state index in [-0.39, 0.29) is 12.2 Å². The fraction of sp³-hybridized carbons (Fsp3) is 0.438. The normalized spacial score (nSPS) is 22.2. The lowest BCUT2D eigenvalue weighted by atomic mass is 9.87. The second-order valence-corrected chi connectivity index (χ2v) is 5.14. The molecule has 0 bridgehead atoms. The predicted octanol–water partition coefficient (Wildman–Crippen LogP) is 0.792. The molecule has 0 radical (unpaired) electrons. The molecule has 0 unspecified atom stereocenters. The van der Waals surface area contributed by atoms with Crippen LogP contribution in [0, 0.1) is 5.92 Å². The molecular weight excluding hydrogens is 286 g/mol. The van der Waals surface area contributed by atoms with Crippen LogP contribution in [0.25, 0.3) is 0 Å². The van der Waals surface area contributed by atoms with E-state index >= 15 is 0 Å². The number of likely N-dealkylation sites (tertiary alicyclic amines) is 1. The Balaban J connectivity index is 2.29. The highest BCUT2D eigenvalue weighted by Crippen LogP contribution is 2.25. The number of rotatable bonds is 4. The number of methoxy groups -OCH3 is 2. The van der Waals surface area contributed by atoms with E-state index in [2.05, 4.69) is 4.74 Å². The molecular formula is C16H19NO5. The molecule has 1 aromatic rings. The smallest absolute Gasteiger partial charge is 0.324 e. The Hall–Kier alpha value is -2.21. The van der Waals surface area contributed by atoms with Crippen LogP contribution >= 0.6 is 0 Å². The fourth-order valence-electron chi connectivity index (χ4n) is 2.72. The second-order valence-electron chi connectivity index (χ2n) is 5.14. The number of ether oxygens (including phenoxy) is 2. The molecule has 2 atom stereocenters. The third-order valence-corrected chi connectivity index (χ3v) is 3.83. The fourth-order valence-corrected chi connectivity index (χ4v) is 2.72. The summed E-state index contributed by atoms with van der Waals surface area (Å²) in [6.07, 6.45) is 0.208. The number of ketones is 1. The van der Waals surface area contributed by atoms with Gasteiger partial charge in [-0.05, 0) is 5.56 Å². The number of esters is 2. The van der Waals surface area contributed by atoms with Crippen LogP contribution < -0.4 is 0 Å². The van der Waals surface area contributed by atoms with Crippen molar-refractivity contribution in [1.82, 2.24) is 4.90 Å². The number of hydrogen-bond donors (Lipinski definition) is 0. The number of Topliss-reactive ketones (excluding diaryl/α,β-unsaturated/α-hetero) is 1. The molecule has 2 rings (SSSR count). The molecule has 1 saturated heterocycles. The Labute approximate surface area is 129 Å². The van der Waals surface area contributed by atoms with Crippen molar-refractivity contribution in [1.29, 1.82) is 0 Å². The summed E-state index contributed by atoms with van der Waals surface area (Å²) >= 11 is 0. The highest BCUT2D eigenvalue weighted by Gasteiger charge is 2.47. The monoisotopic (exact) mass is 305 g/mol. The second kappa shape index (κ2) is 7.17. The van der Waals surface area contributed by atoms with Crippen LogP contribution in [0.5, 0.6) is 0 Å². The van der Waals surface area contributed by atoms with Crippen LogP contribution in [-0.4, -0.2) is 49.4 Å². The Morgan fingerprint density at radius 2 is 1.77 bits per heavy atom. The molecule has 0 N–H and O–H groups in total. The number of hydrogen-bond acceptors (Lipinski definition) is 6. The number of carbonyl (C=O) groups excluding carboxylic acids is 3. The standard InChI is InChI=1S/C16H19NO5/c1-21-15(19)13-12(18)8-9-17(14(13)16(20)22-2)10-11-6-4-3-5-7-11/h3-7,13-14H,8-10H2,1-2H3/t13-,14-/m1/s1. The minimum absolute atomic E-state index is 0.208. The molecule has 6 nitrogen and oxygen atoms in total. The van der Waals surface area contributed by atoms with E-state index in [0.717, 1.165) is 5.56 Å². The van der Waals surface area contributed by atoms with Gasteiger partial charge in [0.2, 0.25) is 0 Å². The highest BCUT2D eigenvalue weighted by molar-refractivity contribution is 6.04. The lowest BCUT2D eigenvalue weighted by Crippen LogP contribution is -2.56. The maximum absolute atomic E-state index is 12.1. The molecule has 1 heterocycles. The van der Waals surface area contributed by atoms with Crippen LogP contribution in [0.3, 0.4) is 0 Å². The van der Waals surface area contributed by atoms with Gasteiger partial charge in [-0.2, -0.15) is 0 Å². The summed E-state index contributed by atoms with van der Waals surface area (Å²) in [5, 5.41) is 0. The average molecular weight is 305 g/mol. The summed E-state index contributed by atoms with van der Waals surface area (Å²) in [6, 6.07) is 8.61. The number of piperidine rings is 1. The predicted molar refractivity (Wildman–Crippen MR) is 77.8 cm³/mol. The van der Waals surface area contributed by atoms with Gasteiger partial charge in [0, 0.05) is 19.5 Å². The first kappa shape index (κ1) is 16.2. The lowest BCUT2D eigenvalue weighted by molar-refractivity contribution is -0.166. The molecule has 0 spiro atoms. The van der Waals surface area contributed by atoms with E-state index in [1.54, 1.807) is 4.90 Å². The van der Waals surface area contributed by atoms with Crippen molar-refractivity contribution < 1.29 is 23.9 Å².